The normalized spacial score (nSPS) is 17.3. The van der Waals surface area contributed by atoms with Gasteiger partial charge in [0, 0.05) is 19.6 Å². The number of nitrogens with one attached hydrogen (secondary N) is 1. The van der Waals surface area contributed by atoms with E-state index in [1.165, 1.54) is 12.1 Å². The highest BCUT2D eigenvalue weighted by atomic mass is 35.5. The van der Waals surface area contributed by atoms with E-state index >= 15 is 0 Å². The van der Waals surface area contributed by atoms with Crippen LogP contribution in [-0.2, 0) is 0 Å². The smallest absolute Gasteiger partial charge is 0.126 e. The molecule has 0 aromatic heterocycles. The van der Waals surface area contributed by atoms with Gasteiger partial charge in [0.15, 0.2) is 0 Å². The lowest BCUT2D eigenvalue weighted by molar-refractivity contribution is 0.627. The summed E-state index contributed by atoms with van der Waals surface area (Å²) in [6, 6.07) is 2.61. The van der Waals surface area contributed by atoms with Crippen molar-refractivity contribution in [2.75, 3.05) is 31.1 Å². The van der Waals surface area contributed by atoms with Gasteiger partial charge >= 0.3 is 0 Å². The number of hydrogen-bond acceptors (Lipinski definition) is 2. The first-order valence-corrected chi connectivity index (χ1v) is 6.04. The van der Waals surface area contributed by atoms with Crippen LogP contribution in [0, 0.1) is 5.82 Å². The molecule has 1 aromatic carbocycles. The zero-order chi connectivity index (χ0) is 11.5. The average molecular weight is 263 g/mol. The predicted molar refractivity (Wildman–Crippen MR) is 66.1 cm³/mol. The van der Waals surface area contributed by atoms with Crippen molar-refractivity contribution < 1.29 is 4.39 Å². The molecular weight excluding hydrogens is 250 g/mol. The minimum absolute atomic E-state index is 0.381. The van der Waals surface area contributed by atoms with Crippen LogP contribution in [0.5, 0.6) is 0 Å². The molecule has 2 rings (SSSR count). The predicted octanol–water partition coefficient (Wildman–Crippen LogP) is 2.93. The standard InChI is InChI=1S/C11H13Cl2FN2/c12-9-6-8(14)7-10(13)11(9)16-4-1-2-15-3-5-16/h6-7,15H,1-5H2. The van der Waals surface area contributed by atoms with Gasteiger partial charge in [0.25, 0.3) is 0 Å². The van der Waals surface area contributed by atoms with Gasteiger partial charge in [0.05, 0.1) is 15.7 Å². The van der Waals surface area contributed by atoms with E-state index in [2.05, 4.69) is 10.2 Å². The molecule has 0 aliphatic carbocycles. The van der Waals surface area contributed by atoms with Crippen LogP contribution in [0.15, 0.2) is 12.1 Å². The molecule has 16 heavy (non-hydrogen) atoms. The molecule has 0 atom stereocenters. The van der Waals surface area contributed by atoms with Crippen molar-refractivity contribution in [3.8, 4) is 0 Å². The maximum Gasteiger partial charge on any atom is 0.126 e. The Morgan fingerprint density at radius 1 is 1.12 bits per heavy atom. The summed E-state index contributed by atoms with van der Waals surface area (Å²) in [5.74, 6) is -0.397. The van der Waals surface area contributed by atoms with Crippen molar-refractivity contribution in [2.24, 2.45) is 0 Å². The average Bonchev–Trinajstić information content (AvgIpc) is 2.44. The fourth-order valence-corrected chi connectivity index (χ4v) is 2.61. The second-order valence-corrected chi connectivity index (χ2v) is 4.62. The monoisotopic (exact) mass is 262 g/mol. The van der Waals surface area contributed by atoms with E-state index < -0.39 is 5.82 Å². The molecular formula is C11H13Cl2FN2. The van der Waals surface area contributed by atoms with Gasteiger partial charge in [-0.25, -0.2) is 4.39 Å². The number of anilines is 1. The summed E-state index contributed by atoms with van der Waals surface area (Å²) in [4.78, 5) is 2.10. The lowest BCUT2D eigenvalue weighted by atomic mass is 10.2. The van der Waals surface area contributed by atoms with E-state index in [-0.39, 0.29) is 0 Å². The number of benzene rings is 1. The topological polar surface area (TPSA) is 15.3 Å². The molecule has 1 N–H and O–H groups in total. The molecule has 0 radical (unpaired) electrons. The van der Waals surface area contributed by atoms with Gasteiger partial charge in [-0.1, -0.05) is 23.2 Å². The van der Waals surface area contributed by atoms with Crippen LogP contribution in [0.25, 0.3) is 0 Å². The van der Waals surface area contributed by atoms with Gasteiger partial charge in [0.1, 0.15) is 5.82 Å². The SMILES string of the molecule is Fc1cc(Cl)c(N2CCCNCC2)c(Cl)c1. The van der Waals surface area contributed by atoms with Gasteiger partial charge in [-0.15, -0.1) is 0 Å². The first kappa shape index (κ1) is 12.0. The van der Waals surface area contributed by atoms with E-state index in [9.17, 15) is 4.39 Å². The molecule has 0 unspecified atom stereocenters. The molecule has 1 aliphatic heterocycles. The Kier molecular flexibility index (Phi) is 3.90. The summed E-state index contributed by atoms with van der Waals surface area (Å²) in [5, 5.41) is 4.06. The van der Waals surface area contributed by atoms with Crippen molar-refractivity contribution in [2.45, 2.75) is 6.42 Å². The summed E-state index contributed by atoms with van der Waals surface area (Å²) in [6.45, 7) is 3.61. The number of halogens is 3. The number of nitrogens with zero attached hydrogens (tertiary/aromatic N) is 1. The molecule has 0 saturated carbocycles. The molecule has 0 amide bonds. The van der Waals surface area contributed by atoms with Crippen molar-refractivity contribution in [3.05, 3.63) is 28.0 Å². The highest BCUT2D eigenvalue weighted by Gasteiger charge is 2.16. The third-order valence-corrected chi connectivity index (χ3v) is 3.21. The van der Waals surface area contributed by atoms with E-state index in [4.69, 9.17) is 23.2 Å². The largest absolute Gasteiger partial charge is 0.368 e. The van der Waals surface area contributed by atoms with E-state index in [1.807, 2.05) is 0 Å². The Morgan fingerprint density at radius 2 is 1.81 bits per heavy atom. The van der Waals surface area contributed by atoms with Gasteiger partial charge in [-0.05, 0) is 25.1 Å². The Bertz CT molecular complexity index is 353. The summed E-state index contributed by atoms with van der Waals surface area (Å²) in [5.41, 5.74) is 0.744. The Hall–Kier alpha value is -0.510. The second kappa shape index (κ2) is 5.21. The number of hydrogen-bond donors (Lipinski definition) is 1. The van der Waals surface area contributed by atoms with Crippen molar-refractivity contribution in [1.29, 1.82) is 0 Å². The van der Waals surface area contributed by atoms with Crippen LogP contribution in [0.2, 0.25) is 10.0 Å². The van der Waals surface area contributed by atoms with Gasteiger partial charge in [-0.2, -0.15) is 0 Å². The summed E-state index contributed by atoms with van der Waals surface area (Å²) < 4.78 is 13.1. The van der Waals surface area contributed by atoms with Crippen LogP contribution >= 0.6 is 23.2 Å². The maximum absolute atomic E-state index is 13.1. The zero-order valence-electron chi connectivity index (χ0n) is 8.77. The molecule has 1 fully saturated rings. The van der Waals surface area contributed by atoms with E-state index in [0.29, 0.717) is 10.0 Å². The fourth-order valence-electron chi connectivity index (χ4n) is 1.91. The molecule has 2 nitrogen and oxygen atoms in total. The molecule has 0 spiro atoms. The fraction of sp³-hybridized carbons (Fsp3) is 0.455. The van der Waals surface area contributed by atoms with E-state index in [0.717, 1.165) is 38.3 Å². The molecule has 88 valence electrons. The molecule has 5 heteroatoms. The number of rotatable bonds is 1. The molecule has 1 aromatic rings. The quantitative estimate of drug-likeness (QED) is 0.838. The Labute approximate surface area is 104 Å². The minimum atomic E-state index is -0.397. The van der Waals surface area contributed by atoms with Crippen LogP contribution < -0.4 is 10.2 Å². The Balaban J connectivity index is 2.31. The lowest BCUT2D eigenvalue weighted by Gasteiger charge is -2.24. The van der Waals surface area contributed by atoms with Crippen molar-refractivity contribution in [3.63, 3.8) is 0 Å². The van der Waals surface area contributed by atoms with Crippen LogP contribution in [0.4, 0.5) is 10.1 Å². The molecule has 0 bridgehead atoms. The first-order valence-electron chi connectivity index (χ1n) is 5.28. The second-order valence-electron chi connectivity index (χ2n) is 3.81. The van der Waals surface area contributed by atoms with Crippen LogP contribution in [0.3, 0.4) is 0 Å². The van der Waals surface area contributed by atoms with Crippen LogP contribution in [-0.4, -0.2) is 26.2 Å². The zero-order valence-corrected chi connectivity index (χ0v) is 10.3. The highest BCUT2D eigenvalue weighted by molar-refractivity contribution is 6.39. The third-order valence-electron chi connectivity index (χ3n) is 2.64. The first-order chi connectivity index (χ1) is 7.68. The van der Waals surface area contributed by atoms with Gasteiger partial charge in [-0.3, -0.25) is 0 Å². The summed E-state index contributed by atoms with van der Waals surface area (Å²) >= 11 is 12.1. The molecule has 1 heterocycles. The van der Waals surface area contributed by atoms with E-state index in [1.54, 1.807) is 0 Å². The third kappa shape index (κ3) is 2.59. The Morgan fingerprint density at radius 3 is 2.50 bits per heavy atom. The van der Waals surface area contributed by atoms with Crippen molar-refractivity contribution in [1.82, 2.24) is 5.32 Å². The van der Waals surface area contributed by atoms with Crippen molar-refractivity contribution >= 4 is 28.9 Å². The molecule has 1 saturated heterocycles. The van der Waals surface area contributed by atoms with Crippen LogP contribution in [0.1, 0.15) is 6.42 Å². The van der Waals surface area contributed by atoms with Gasteiger partial charge in [0.2, 0.25) is 0 Å². The maximum atomic E-state index is 13.1. The highest BCUT2D eigenvalue weighted by Crippen LogP contribution is 2.34. The summed E-state index contributed by atoms with van der Waals surface area (Å²) in [6.07, 6.45) is 1.03. The van der Waals surface area contributed by atoms with Gasteiger partial charge < -0.3 is 10.2 Å². The molecule has 1 aliphatic rings. The lowest BCUT2D eigenvalue weighted by Crippen LogP contribution is -2.28. The minimum Gasteiger partial charge on any atom is -0.368 e. The summed E-state index contributed by atoms with van der Waals surface area (Å²) in [7, 11) is 0.